The van der Waals surface area contributed by atoms with Crippen LogP contribution < -0.4 is 4.90 Å². The van der Waals surface area contributed by atoms with Crippen LogP contribution in [0.25, 0.3) is 10.9 Å². The van der Waals surface area contributed by atoms with Crippen molar-refractivity contribution in [2.45, 2.75) is 26.9 Å². The molecule has 3 nitrogen and oxygen atoms in total. The highest BCUT2D eigenvalue weighted by molar-refractivity contribution is 6.30. The Morgan fingerprint density at radius 2 is 1.96 bits per heavy atom. The van der Waals surface area contributed by atoms with Crippen molar-refractivity contribution in [3.63, 3.8) is 0 Å². The first-order valence-electron chi connectivity index (χ1n) is 8.14. The van der Waals surface area contributed by atoms with Gasteiger partial charge in [0.2, 0.25) is 0 Å². The number of rotatable bonds is 5. The summed E-state index contributed by atoms with van der Waals surface area (Å²) in [5.74, 6) is 0.575. The molecule has 0 fully saturated rings. The van der Waals surface area contributed by atoms with Crippen LogP contribution in [0.2, 0.25) is 5.15 Å². The number of halogens is 2. The summed E-state index contributed by atoms with van der Waals surface area (Å²) in [6.45, 7) is 9.37. The minimum atomic E-state index is -0.235. The van der Waals surface area contributed by atoms with Crippen molar-refractivity contribution in [2.24, 2.45) is 0 Å². The molecule has 0 unspecified atom stereocenters. The Balaban J connectivity index is 2.12. The lowest BCUT2D eigenvalue weighted by Crippen LogP contribution is -2.19. The molecular formula is C20H21ClFN3. The number of benzene rings is 1. The van der Waals surface area contributed by atoms with Gasteiger partial charge in [-0.15, -0.1) is 6.58 Å². The molecule has 0 atom stereocenters. The second kappa shape index (κ2) is 6.89. The molecule has 2 aromatic heterocycles. The Bertz CT molecular complexity index is 929. The van der Waals surface area contributed by atoms with Crippen LogP contribution in [-0.4, -0.2) is 16.6 Å². The Morgan fingerprint density at radius 1 is 1.28 bits per heavy atom. The van der Waals surface area contributed by atoms with Crippen LogP contribution in [0.1, 0.15) is 16.8 Å². The molecule has 0 amide bonds. The van der Waals surface area contributed by atoms with E-state index < -0.39 is 0 Å². The molecule has 1 aromatic carbocycles. The number of nitrogens with zero attached hydrogens (tertiary/aromatic N) is 3. The lowest BCUT2D eigenvalue weighted by Gasteiger charge is -2.21. The number of pyridine rings is 1. The van der Waals surface area contributed by atoms with Crippen molar-refractivity contribution < 1.29 is 4.39 Å². The van der Waals surface area contributed by atoms with Gasteiger partial charge in [0, 0.05) is 31.2 Å². The number of hydrogen-bond donors (Lipinski definition) is 0. The fraction of sp³-hybridized carbons (Fsp3) is 0.250. The van der Waals surface area contributed by atoms with Crippen LogP contribution in [-0.2, 0) is 13.1 Å². The van der Waals surface area contributed by atoms with Crippen LogP contribution in [0.3, 0.4) is 0 Å². The number of allylic oxidation sites excluding steroid dienone is 1. The molecule has 0 aliphatic carbocycles. The monoisotopic (exact) mass is 357 g/mol. The van der Waals surface area contributed by atoms with Gasteiger partial charge < -0.3 is 9.47 Å². The van der Waals surface area contributed by atoms with E-state index in [9.17, 15) is 4.39 Å². The average molecular weight is 358 g/mol. The van der Waals surface area contributed by atoms with E-state index in [1.54, 1.807) is 12.1 Å². The summed E-state index contributed by atoms with van der Waals surface area (Å²) < 4.78 is 15.3. The molecule has 0 N–H and O–H groups in total. The molecule has 25 heavy (non-hydrogen) atoms. The first-order valence-corrected chi connectivity index (χ1v) is 8.52. The van der Waals surface area contributed by atoms with E-state index in [4.69, 9.17) is 11.6 Å². The van der Waals surface area contributed by atoms with Crippen molar-refractivity contribution in [2.75, 3.05) is 11.9 Å². The molecule has 0 aliphatic heterocycles. The van der Waals surface area contributed by atoms with Crippen LogP contribution in [0.4, 0.5) is 10.2 Å². The summed E-state index contributed by atoms with van der Waals surface area (Å²) in [5, 5.41) is 1.56. The Hall–Kier alpha value is -2.33. The van der Waals surface area contributed by atoms with E-state index in [1.807, 2.05) is 24.1 Å². The zero-order valence-electron chi connectivity index (χ0n) is 14.7. The van der Waals surface area contributed by atoms with Gasteiger partial charge in [-0.1, -0.05) is 29.8 Å². The minimum absolute atomic E-state index is 0.235. The molecule has 130 valence electrons. The van der Waals surface area contributed by atoms with Gasteiger partial charge >= 0.3 is 0 Å². The highest BCUT2D eigenvalue weighted by atomic mass is 35.5. The maximum Gasteiger partial charge on any atom is 0.155 e. The molecule has 5 heteroatoms. The van der Waals surface area contributed by atoms with Gasteiger partial charge in [0.1, 0.15) is 11.0 Å². The summed E-state index contributed by atoms with van der Waals surface area (Å²) >= 11 is 6.29. The number of aryl methyl sites for hydroxylation is 1. The van der Waals surface area contributed by atoms with Crippen LogP contribution in [0, 0.1) is 19.7 Å². The molecule has 0 bridgehead atoms. The lowest BCUT2D eigenvalue weighted by atomic mass is 10.2. The predicted octanol–water partition coefficient (Wildman–Crippen LogP) is 5.27. The first-order chi connectivity index (χ1) is 11.9. The fourth-order valence-electron chi connectivity index (χ4n) is 3.17. The highest BCUT2D eigenvalue weighted by Gasteiger charge is 2.18. The molecule has 0 saturated heterocycles. The Kier molecular flexibility index (Phi) is 4.82. The standard InChI is InChI=1S/C20H21ClFN3/c1-5-10-25-14(3)13(2)17-11-18(21)23-20(19(17)25)24(4)12-15-6-8-16(22)9-7-15/h5-9,11H,1,10,12H2,2-4H3. The second-order valence-electron chi connectivity index (χ2n) is 6.26. The molecule has 0 aliphatic rings. The van der Waals surface area contributed by atoms with E-state index in [2.05, 4.69) is 30.0 Å². The zero-order chi connectivity index (χ0) is 18.1. The fourth-order valence-corrected chi connectivity index (χ4v) is 3.36. The molecule has 3 aromatic rings. The summed E-state index contributed by atoms with van der Waals surface area (Å²) in [4.78, 5) is 6.62. The smallest absolute Gasteiger partial charge is 0.155 e. The van der Waals surface area contributed by atoms with Crippen LogP contribution in [0.15, 0.2) is 43.0 Å². The van der Waals surface area contributed by atoms with E-state index in [0.717, 1.165) is 22.3 Å². The van der Waals surface area contributed by atoms with Gasteiger partial charge in [-0.3, -0.25) is 0 Å². The minimum Gasteiger partial charge on any atom is -0.354 e. The normalized spacial score (nSPS) is 11.1. The van der Waals surface area contributed by atoms with Crippen molar-refractivity contribution in [1.82, 2.24) is 9.55 Å². The van der Waals surface area contributed by atoms with Gasteiger partial charge in [-0.25, -0.2) is 9.37 Å². The summed E-state index contributed by atoms with van der Waals surface area (Å²) in [6, 6.07) is 8.42. The largest absolute Gasteiger partial charge is 0.354 e. The molecular weight excluding hydrogens is 337 g/mol. The maximum absolute atomic E-state index is 13.1. The SMILES string of the molecule is C=CCn1c(C)c(C)c2cc(Cl)nc(N(C)Cc3ccc(F)cc3)c21. The van der Waals surface area contributed by atoms with Crippen LogP contribution >= 0.6 is 11.6 Å². The first kappa shape index (κ1) is 17.5. The number of fused-ring (bicyclic) bond motifs is 1. The zero-order valence-corrected chi connectivity index (χ0v) is 15.4. The van der Waals surface area contributed by atoms with Gasteiger partial charge in [0.05, 0.1) is 5.52 Å². The van der Waals surface area contributed by atoms with Crippen molar-refractivity contribution >= 4 is 28.3 Å². The average Bonchev–Trinajstić information content (AvgIpc) is 2.81. The number of aromatic nitrogens is 2. The van der Waals surface area contributed by atoms with E-state index >= 15 is 0 Å². The van der Waals surface area contributed by atoms with Gasteiger partial charge in [-0.2, -0.15) is 0 Å². The van der Waals surface area contributed by atoms with Gasteiger partial charge in [0.15, 0.2) is 5.82 Å². The van der Waals surface area contributed by atoms with E-state index in [-0.39, 0.29) is 5.82 Å². The second-order valence-corrected chi connectivity index (χ2v) is 6.64. The van der Waals surface area contributed by atoms with E-state index in [0.29, 0.717) is 18.2 Å². The Morgan fingerprint density at radius 3 is 2.60 bits per heavy atom. The molecule has 2 heterocycles. The molecule has 0 radical (unpaired) electrons. The molecule has 0 spiro atoms. The van der Waals surface area contributed by atoms with Crippen molar-refractivity contribution in [1.29, 1.82) is 0 Å². The van der Waals surface area contributed by atoms with Gasteiger partial charge in [-0.05, 0) is 43.2 Å². The maximum atomic E-state index is 13.1. The Labute approximate surface area is 152 Å². The summed E-state index contributed by atoms with van der Waals surface area (Å²) in [5.41, 5.74) is 4.42. The molecule has 0 saturated carbocycles. The van der Waals surface area contributed by atoms with Crippen molar-refractivity contribution in [3.8, 4) is 0 Å². The third-order valence-electron chi connectivity index (χ3n) is 4.57. The quantitative estimate of drug-likeness (QED) is 0.458. The third-order valence-corrected chi connectivity index (χ3v) is 4.76. The molecule has 3 rings (SSSR count). The third kappa shape index (κ3) is 3.27. The summed E-state index contributed by atoms with van der Waals surface area (Å²) in [6.07, 6.45) is 1.88. The van der Waals surface area contributed by atoms with Crippen molar-refractivity contribution in [3.05, 3.63) is 70.8 Å². The topological polar surface area (TPSA) is 21.1 Å². The number of anilines is 1. The highest BCUT2D eigenvalue weighted by Crippen LogP contribution is 2.34. The van der Waals surface area contributed by atoms with Crippen LogP contribution in [0.5, 0.6) is 0 Å². The van der Waals surface area contributed by atoms with Gasteiger partial charge in [0.25, 0.3) is 0 Å². The van der Waals surface area contributed by atoms with E-state index in [1.165, 1.54) is 23.4 Å². The predicted molar refractivity (Wildman–Crippen MR) is 103 cm³/mol. The lowest BCUT2D eigenvalue weighted by molar-refractivity contribution is 0.627. The number of hydrogen-bond acceptors (Lipinski definition) is 2. The summed E-state index contributed by atoms with van der Waals surface area (Å²) in [7, 11) is 1.97.